The molecule has 0 amide bonds. The van der Waals surface area contributed by atoms with Crippen molar-refractivity contribution in [3.8, 4) is 0 Å². The number of non-ortho nitro benzene ring substituents is 1. The van der Waals surface area contributed by atoms with Gasteiger partial charge in [0.2, 0.25) is 0 Å². The van der Waals surface area contributed by atoms with Crippen LogP contribution in [0.4, 0.5) is 11.4 Å². The predicted molar refractivity (Wildman–Crippen MR) is 101 cm³/mol. The first-order chi connectivity index (χ1) is 12.8. The highest BCUT2D eigenvalue weighted by atomic mass is 32.2. The van der Waals surface area contributed by atoms with E-state index in [0.29, 0.717) is 11.6 Å². The number of fused-ring (bicyclic) bond motifs is 3. The van der Waals surface area contributed by atoms with Crippen molar-refractivity contribution in [1.29, 1.82) is 0 Å². The molecule has 1 atom stereocenters. The first-order valence-electron chi connectivity index (χ1n) is 8.65. The van der Waals surface area contributed by atoms with Gasteiger partial charge < -0.3 is 4.42 Å². The Hall–Kier alpha value is -2.87. The lowest BCUT2D eigenvalue weighted by Crippen LogP contribution is -2.13. The molecule has 1 N–H and O–H groups in total. The van der Waals surface area contributed by atoms with Crippen LogP contribution in [0.3, 0.4) is 0 Å². The summed E-state index contributed by atoms with van der Waals surface area (Å²) in [5.74, 6) is 1.53. The molecule has 1 aliphatic carbocycles. The second kappa shape index (κ2) is 6.38. The predicted octanol–water partition coefficient (Wildman–Crippen LogP) is 4.27. The Morgan fingerprint density at radius 1 is 1.22 bits per heavy atom. The second-order valence-corrected chi connectivity index (χ2v) is 8.61. The Balaban J connectivity index is 1.69. The Morgan fingerprint density at radius 3 is 2.81 bits per heavy atom. The maximum atomic E-state index is 12.6. The van der Waals surface area contributed by atoms with Gasteiger partial charge in [-0.2, -0.15) is 0 Å². The molecule has 2 aromatic carbocycles. The van der Waals surface area contributed by atoms with Crippen molar-refractivity contribution in [2.24, 2.45) is 5.92 Å². The Labute approximate surface area is 156 Å². The summed E-state index contributed by atoms with van der Waals surface area (Å²) in [7, 11) is -3.94. The van der Waals surface area contributed by atoms with Crippen LogP contribution >= 0.6 is 0 Å². The van der Waals surface area contributed by atoms with Crippen LogP contribution in [0.5, 0.6) is 0 Å². The van der Waals surface area contributed by atoms with Crippen LogP contribution in [0.15, 0.2) is 51.8 Å². The quantitative estimate of drug-likeness (QED) is 0.533. The number of nitro groups is 1. The van der Waals surface area contributed by atoms with Crippen molar-refractivity contribution < 1.29 is 17.8 Å². The number of benzene rings is 2. The van der Waals surface area contributed by atoms with Crippen LogP contribution < -0.4 is 4.72 Å². The summed E-state index contributed by atoms with van der Waals surface area (Å²) >= 11 is 0. The highest BCUT2D eigenvalue weighted by Gasteiger charge is 2.23. The summed E-state index contributed by atoms with van der Waals surface area (Å²) in [5.41, 5.74) is 2.01. The van der Waals surface area contributed by atoms with Gasteiger partial charge in [-0.15, -0.1) is 0 Å². The molecule has 0 aliphatic heterocycles. The molecule has 140 valence electrons. The van der Waals surface area contributed by atoms with Gasteiger partial charge in [0.05, 0.1) is 9.82 Å². The number of nitrogens with zero attached hydrogens (tertiary/aromatic N) is 1. The van der Waals surface area contributed by atoms with Crippen molar-refractivity contribution in [2.75, 3.05) is 4.72 Å². The standard InChI is InChI=1S/C19H18N2O5S/c1-12-5-7-18-16(9-12)17-10-13(6-8-19(17)26-18)20-27(24,25)15-4-2-3-14(11-15)21(22)23/h2-4,6,8,10-12,20H,5,7,9H2,1H3. The van der Waals surface area contributed by atoms with E-state index in [0.717, 1.165) is 47.6 Å². The van der Waals surface area contributed by atoms with Gasteiger partial charge in [0.25, 0.3) is 15.7 Å². The number of nitro benzene ring substituents is 1. The molecule has 0 fully saturated rings. The van der Waals surface area contributed by atoms with E-state index >= 15 is 0 Å². The first-order valence-corrected chi connectivity index (χ1v) is 10.1. The minimum atomic E-state index is -3.94. The fourth-order valence-corrected chi connectivity index (χ4v) is 4.58. The molecule has 3 aromatic rings. The van der Waals surface area contributed by atoms with Crippen molar-refractivity contribution in [1.82, 2.24) is 0 Å². The van der Waals surface area contributed by atoms with Crippen LogP contribution in [-0.4, -0.2) is 13.3 Å². The van der Waals surface area contributed by atoms with E-state index in [1.807, 2.05) is 0 Å². The number of hydrogen-bond donors (Lipinski definition) is 1. The molecular formula is C19H18N2O5S. The number of anilines is 1. The molecule has 0 bridgehead atoms. The van der Waals surface area contributed by atoms with Gasteiger partial charge in [0.1, 0.15) is 11.3 Å². The molecule has 1 aromatic heterocycles. The summed E-state index contributed by atoms with van der Waals surface area (Å²) in [6, 6.07) is 10.1. The van der Waals surface area contributed by atoms with Gasteiger partial charge in [0.15, 0.2) is 0 Å². The van der Waals surface area contributed by atoms with E-state index in [-0.39, 0.29) is 10.6 Å². The SMILES string of the molecule is CC1CCc2oc3ccc(NS(=O)(=O)c4cccc([N+](=O)[O-])c4)cc3c2C1. The fraction of sp³-hybridized carbons (Fsp3) is 0.263. The van der Waals surface area contributed by atoms with E-state index < -0.39 is 14.9 Å². The van der Waals surface area contributed by atoms with Gasteiger partial charge in [-0.1, -0.05) is 13.0 Å². The maximum Gasteiger partial charge on any atom is 0.270 e. The Kier molecular flexibility index (Phi) is 4.15. The highest BCUT2D eigenvalue weighted by molar-refractivity contribution is 7.92. The topological polar surface area (TPSA) is 102 Å². The van der Waals surface area contributed by atoms with E-state index in [9.17, 15) is 18.5 Å². The van der Waals surface area contributed by atoms with Gasteiger partial charge in [0, 0.05) is 35.2 Å². The largest absolute Gasteiger partial charge is 0.461 e. The molecule has 4 rings (SSSR count). The fourth-order valence-electron chi connectivity index (χ4n) is 3.49. The lowest BCUT2D eigenvalue weighted by molar-refractivity contribution is -0.385. The van der Waals surface area contributed by atoms with E-state index in [4.69, 9.17) is 4.42 Å². The van der Waals surface area contributed by atoms with Gasteiger partial charge in [-0.3, -0.25) is 14.8 Å². The minimum absolute atomic E-state index is 0.153. The van der Waals surface area contributed by atoms with Crippen LogP contribution in [0, 0.1) is 16.0 Å². The average Bonchev–Trinajstić information content (AvgIpc) is 2.99. The summed E-state index contributed by atoms with van der Waals surface area (Å²) in [5, 5.41) is 11.8. The molecule has 0 saturated carbocycles. The summed E-state index contributed by atoms with van der Waals surface area (Å²) in [6.07, 6.45) is 2.88. The maximum absolute atomic E-state index is 12.6. The van der Waals surface area contributed by atoms with E-state index in [2.05, 4.69) is 11.6 Å². The molecule has 27 heavy (non-hydrogen) atoms. The average molecular weight is 386 g/mol. The monoisotopic (exact) mass is 386 g/mol. The molecule has 1 aliphatic rings. The van der Waals surface area contributed by atoms with Gasteiger partial charge >= 0.3 is 0 Å². The van der Waals surface area contributed by atoms with Crippen molar-refractivity contribution in [3.05, 3.63) is 63.9 Å². The number of furan rings is 1. The molecule has 7 nitrogen and oxygen atoms in total. The Bertz CT molecular complexity index is 1150. The van der Waals surface area contributed by atoms with E-state index in [1.165, 1.54) is 18.2 Å². The third-order valence-electron chi connectivity index (χ3n) is 4.88. The highest BCUT2D eigenvalue weighted by Crippen LogP contribution is 2.35. The van der Waals surface area contributed by atoms with Crippen LogP contribution in [0.25, 0.3) is 11.0 Å². The zero-order valence-corrected chi connectivity index (χ0v) is 15.5. The van der Waals surface area contributed by atoms with Crippen LogP contribution in [0.2, 0.25) is 0 Å². The molecule has 0 spiro atoms. The third-order valence-corrected chi connectivity index (χ3v) is 6.26. The van der Waals surface area contributed by atoms with Crippen LogP contribution in [0.1, 0.15) is 24.7 Å². The van der Waals surface area contributed by atoms with Crippen molar-refractivity contribution >= 4 is 32.4 Å². The molecule has 1 heterocycles. The number of hydrogen-bond acceptors (Lipinski definition) is 5. The number of aryl methyl sites for hydroxylation is 1. The molecule has 1 unspecified atom stereocenters. The second-order valence-electron chi connectivity index (χ2n) is 6.92. The smallest absolute Gasteiger partial charge is 0.270 e. The van der Waals surface area contributed by atoms with Crippen molar-refractivity contribution in [3.63, 3.8) is 0 Å². The van der Waals surface area contributed by atoms with Crippen LogP contribution in [-0.2, 0) is 22.9 Å². The first kappa shape index (κ1) is 17.5. The zero-order valence-electron chi connectivity index (χ0n) is 14.6. The number of sulfonamides is 1. The molecular weight excluding hydrogens is 368 g/mol. The summed E-state index contributed by atoms with van der Waals surface area (Å²) < 4.78 is 33.7. The molecule has 8 heteroatoms. The summed E-state index contributed by atoms with van der Waals surface area (Å²) in [6.45, 7) is 2.19. The lowest BCUT2D eigenvalue weighted by atomic mass is 9.88. The van der Waals surface area contributed by atoms with Crippen molar-refractivity contribution in [2.45, 2.75) is 31.1 Å². The zero-order chi connectivity index (χ0) is 19.2. The van der Waals surface area contributed by atoms with Gasteiger partial charge in [-0.25, -0.2) is 8.42 Å². The lowest BCUT2D eigenvalue weighted by Gasteiger charge is -2.16. The number of rotatable bonds is 4. The molecule has 0 saturated heterocycles. The summed E-state index contributed by atoms with van der Waals surface area (Å²) in [4.78, 5) is 10.1. The third kappa shape index (κ3) is 3.28. The Morgan fingerprint density at radius 2 is 2.04 bits per heavy atom. The number of nitrogens with one attached hydrogen (secondary N) is 1. The van der Waals surface area contributed by atoms with Gasteiger partial charge in [-0.05, 0) is 43.0 Å². The molecule has 0 radical (unpaired) electrons. The normalized spacial score (nSPS) is 16.9. The van der Waals surface area contributed by atoms with E-state index in [1.54, 1.807) is 18.2 Å². The minimum Gasteiger partial charge on any atom is -0.461 e.